The predicted octanol–water partition coefficient (Wildman–Crippen LogP) is 3.47. The van der Waals surface area contributed by atoms with Crippen LogP contribution in [0.2, 0.25) is 0 Å². The van der Waals surface area contributed by atoms with Crippen molar-refractivity contribution in [2.24, 2.45) is 23.2 Å². The zero-order chi connectivity index (χ0) is 21.2. The highest BCUT2D eigenvalue weighted by Crippen LogP contribution is 2.62. The van der Waals surface area contributed by atoms with E-state index in [1.807, 2.05) is 12.1 Å². The molecule has 5 nitrogen and oxygen atoms in total. The van der Waals surface area contributed by atoms with Crippen LogP contribution in [0.25, 0.3) is 0 Å². The summed E-state index contributed by atoms with van der Waals surface area (Å²) in [5.41, 5.74) is 1.02. The Balaban J connectivity index is 1.12. The molecule has 3 saturated heterocycles. The van der Waals surface area contributed by atoms with Crippen molar-refractivity contribution in [1.82, 2.24) is 4.90 Å². The lowest BCUT2D eigenvalue weighted by Crippen LogP contribution is -2.52. The summed E-state index contributed by atoms with van der Waals surface area (Å²) in [5.74, 6) is 0.679. The van der Waals surface area contributed by atoms with Crippen molar-refractivity contribution in [3.05, 3.63) is 30.1 Å². The number of anilines is 1. The van der Waals surface area contributed by atoms with Crippen molar-refractivity contribution in [3.8, 4) is 0 Å². The summed E-state index contributed by atoms with van der Waals surface area (Å²) in [4.78, 5) is 17.4. The number of rotatable bonds is 3. The molecule has 6 heteroatoms. The second kappa shape index (κ2) is 7.17. The number of ether oxygens (including phenoxy) is 2. The Labute approximate surface area is 183 Å². The molecule has 5 aliphatic rings. The van der Waals surface area contributed by atoms with Crippen molar-refractivity contribution >= 4 is 11.7 Å². The number of hydrogen-bond acceptors (Lipinski definition) is 5. The first-order valence-electron chi connectivity index (χ1n) is 12.0. The largest absolute Gasteiger partial charge is 0.462 e. The smallest absolute Gasteiger partial charge is 0.310 e. The molecule has 2 unspecified atom stereocenters. The molecule has 0 bridgehead atoms. The van der Waals surface area contributed by atoms with E-state index in [2.05, 4.69) is 16.7 Å². The van der Waals surface area contributed by atoms with Gasteiger partial charge in [0.15, 0.2) is 0 Å². The lowest BCUT2D eigenvalue weighted by molar-refractivity contribution is -0.147. The molecule has 1 aromatic carbocycles. The van der Waals surface area contributed by atoms with Gasteiger partial charge in [-0.2, -0.15) is 0 Å². The van der Waals surface area contributed by atoms with Crippen LogP contribution in [-0.2, 0) is 14.3 Å². The number of benzene rings is 1. The van der Waals surface area contributed by atoms with Gasteiger partial charge in [0.1, 0.15) is 11.9 Å². The molecule has 6 atom stereocenters. The molecule has 3 aliphatic heterocycles. The summed E-state index contributed by atoms with van der Waals surface area (Å²) >= 11 is 0. The molecule has 6 rings (SSSR count). The van der Waals surface area contributed by atoms with Crippen LogP contribution in [-0.4, -0.2) is 61.9 Å². The van der Waals surface area contributed by atoms with E-state index < -0.39 is 0 Å². The minimum absolute atomic E-state index is 0.000421. The quantitative estimate of drug-likeness (QED) is 0.545. The number of carbonyl (C=O) groups excluding carboxylic acids is 1. The molecule has 0 aromatic heterocycles. The first-order valence-corrected chi connectivity index (χ1v) is 12.0. The second-order valence-corrected chi connectivity index (χ2v) is 10.8. The minimum atomic E-state index is -0.160. The van der Waals surface area contributed by atoms with Crippen LogP contribution in [0.15, 0.2) is 24.3 Å². The van der Waals surface area contributed by atoms with Gasteiger partial charge < -0.3 is 14.4 Å². The zero-order valence-corrected chi connectivity index (χ0v) is 18.4. The van der Waals surface area contributed by atoms with Gasteiger partial charge >= 0.3 is 5.97 Å². The number of carbonyl (C=O) groups is 1. The Morgan fingerprint density at radius 2 is 1.94 bits per heavy atom. The molecule has 2 aliphatic carbocycles. The minimum Gasteiger partial charge on any atom is -0.462 e. The van der Waals surface area contributed by atoms with Gasteiger partial charge in [-0.25, -0.2) is 4.39 Å². The maximum Gasteiger partial charge on any atom is 0.310 e. The van der Waals surface area contributed by atoms with Crippen molar-refractivity contribution in [1.29, 1.82) is 0 Å². The maximum atomic E-state index is 14.1. The highest BCUT2D eigenvalue weighted by molar-refractivity contribution is 5.75. The van der Waals surface area contributed by atoms with Crippen LogP contribution >= 0.6 is 0 Å². The number of fused-ring (bicyclic) bond motifs is 3. The highest BCUT2D eigenvalue weighted by atomic mass is 19.1. The number of para-hydroxylation sites is 1. The van der Waals surface area contributed by atoms with Crippen molar-refractivity contribution in [2.75, 3.05) is 44.2 Å². The average molecular weight is 429 g/mol. The number of piperazine rings is 1. The normalized spacial score (nSPS) is 42.3. The van der Waals surface area contributed by atoms with Crippen LogP contribution in [0.3, 0.4) is 0 Å². The lowest BCUT2D eigenvalue weighted by atomic mass is 9.53. The molecule has 5 fully saturated rings. The first kappa shape index (κ1) is 20.0. The highest BCUT2D eigenvalue weighted by Gasteiger charge is 2.65. The number of halogens is 1. The Hall–Kier alpha value is -1.66. The number of esters is 1. The van der Waals surface area contributed by atoms with Crippen LogP contribution in [0.1, 0.15) is 39.0 Å². The molecule has 2 saturated carbocycles. The summed E-state index contributed by atoms with van der Waals surface area (Å²) in [6.45, 7) is 7.35. The molecule has 168 valence electrons. The Morgan fingerprint density at radius 1 is 1.16 bits per heavy atom. The molecule has 0 radical (unpaired) electrons. The zero-order valence-electron chi connectivity index (χ0n) is 18.4. The third-order valence-electron chi connectivity index (χ3n) is 9.10. The van der Waals surface area contributed by atoms with E-state index in [4.69, 9.17) is 9.47 Å². The van der Waals surface area contributed by atoms with Crippen LogP contribution in [0.4, 0.5) is 10.1 Å². The van der Waals surface area contributed by atoms with Gasteiger partial charge in [-0.3, -0.25) is 9.69 Å². The fraction of sp³-hybridized carbons (Fsp3) is 0.720. The Morgan fingerprint density at radius 3 is 2.68 bits per heavy atom. The Bertz CT molecular complexity index is 866. The molecular formula is C25H33FN2O3. The van der Waals surface area contributed by atoms with E-state index in [9.17, 15) is 9.18 Å². The van der Waals surface area contributed by atoms with Crippen LogP contribution < -0.4 is 4.90 Å². The summed E-state index contributed by atoms with van der Waals surface area (Å²) in [5, 5.41) is 0. The maximum absolute atomic E-state index is 14.1. The number of hydrogen-bond donors (Lipinski definition) is 0. The molecule has 1 aromatic rings. The monoisotopic (exact) mass is 428 g/mol. The van der Waals surface area contributed by atoms with Gasteiger partial charge in [-0.15, -0.1) is 0 Å². The Kier molecular flexibility index (Phi) is 4.62. The number of epoxide rings is 1. The van der Waals surface area contributed by atoms with Crippen molar-refractivity contribution in [3.63, 3.8) is 0 Å². The van der Waals surface area contributed by atoms with E-state index in [0.29, 0.717) is 17.5 Å². The molecule has 1 spiro atoms. The van der Waals surface area contributed by atoms with Crippen LogP contribution in [0, 0.1) is 29.0 Å². The third kappa shape index (κ3) is 3.29. The first-order chi connectivity index (χ1) is 15.0. The topological polar surface area (TPSA) is 45.3 Å². The predicted molar refractivity (Wildman–Crippen MR) is 115 cm³/mol. The summed E-state index contributed by atoms with van der Waals surface area (Å²) < 4.78 is 26.1. The fourth-order valence-electron chi connectivity index (χ4n) is 7.32. The van der Waals surface area contributed by atoms with Crippen molar-refractivity contribution < 1.29 is 18.7 Å². The standard InChI is InChI=1S/C25H33FN2O3/c1-24-7-4-8-25(16-30-25)22(24)13-17-18(23(29)31-21(17)14-24)15-27-9-11-28(12-10-27)20-6-3-2-5-19(20)26/h2-3,5-6,17-18,21-22H,4,7-16H2,1H3/t17-,18?,21-,22?,24-,25+/m1/s1. The molecule has 0 N–H and O–H groups in total. The fourth-order valence-corrected chi connectivity index (χ4v) is 7.32. The second-order valence-electron chi connectivity index (χ2n) is 10.8. The van der Waals surface area contributed by atoms with E-state index in [1.54, 1.807) is 6.07 Å². The van der Waals surface area contributed by atoms with E-state index in [-0.39, 0.29) is 34.8 Å². The van der Waals surface area contributed by atoms with E-state index in [1.165, 1.54) is 25.3 Å². The number of nitrogens with zero attached hydrogens (tertiary/aromatic N) is 2. The summed E-state index contributed by atoms with van der Waals surface area (Å²) in [6.07, 6.45) is 5.78. The van der Waals surface area contributed by atoms with Gasteiger partial charge in [0.2, 0.25) is 0 Å². The molecular weight excluding hydrogens is 395 g/mol. The third-order valence-corrected chi connectivity index (χ3v) is 9.10. The summed E-state index contributed by atoms with van der Waals surface area (Å²) in [6, 6.07) is 6.99. The van der Waals surface area contributed by atoms with Gasteiger partial charge in [0.25, 0.3) is 0 Å². The SMILES string of the molecule is C[C@]12CCC[C@]3(CO3)C1C[C@@H]1C(CN3CCN(c4ccccc4F)CC3)C(=O)O[C@@H]1C2. The average Bonchev–Trinajstić information content (AvgIpc) is 3.46. The molecule has 3 heterocycles. The molecule has 31 heavy (non-hydrogen) atoms. The van der Waals surface area contributed by atoms with Gasteiger partial charge in [0, 0.05) is 38.6 Å². The lowest BCUT2D eigenvalue weighted by Gasteiger charge is -2.51. The summed E-state index contributed by atoms with van der Waals surface area (Å²) in [7, 11) is 0. The van der Waals surface area contributed by atoms with E-state index in [0.717, 1.165) is 52.2 Å². The molecule has 0 amide bonds. The van der Waals surface area contributed by atoms with Gasteiger partial charge in [-0.1, -0.05) is 19.1 Å². The van der Waals surface area contributed by atoms with Crippen molar-refractivity contribution in [2.45, 2.75) is 50.7 Å². The van der Waals surface area contributed by atoms with Crippen LogP contribution in [0.5, 0.6) is 0 Å². The van der Waals surface area contributed by atoms with Gasteiger partial charge in [0.05, 0.1) is 23.8 Å². The van der Waals surface area contributed by atoms with E-state index >= 15 is 0 Å². The van der Waals surface area contributed by atoms with Gasteiger partial charge in [-0.05, 0) is 55.6 Å².